The largest absolute Gasteiger partial charge is 0.388 e. The minimum atomic E-state index is -0.803. The molecule has 30 heavy (non-hydrogen) atoms. The maximum atomic E-state index is 10.8. The van der Waals surface area contributed by atoms with E-state index in [0.29, 0.717) is 19.8 Å². The fraction of sp³-hybridized carbons (Fsp3) is 0.308. The molecule has 3 aromatic carbocycles. The van der Waals surface area contributed by atoms with Gasteiger partial charge in [-0.25, -0.2) is 0 Å². The van der Waals surface area contributed by atoms with E-state index in [1.165, 1.54) is 0 Å². The van der Waals surface area contributed by atoms with Gasteiger partial charge in [0.25, 0.3) is 0 Å². The Morgan fingerprint density at radius 1 is 0.633 bits per heavy atom. The van der Waals surface area contributed by atoms with Crippen LogP contribution in [0.25, 0.3) is 0 Å². The van der Waals surface area contributed by atoms with Crippen LogP contribution in [0.3, 0.4) is 0 Å². The van der Waals surface area contributed by atoms with E-state index in [1.807, 2.05) is 97.9 Å². The molecule has 3 atom stereocenters. The van der Waals surface area contributed by atoms with Crippen molar-refractivity contribution in [3.05, 3.63) is 108 Å². The molecule has 0 heterocycles. The summed E-state index contributed by atoms with van der Waals surface area (Å²) in [5.41, 5.74) is 3.20. The number of aliphatic hydroxyl groups is 1. The predicted molar refractivity (Wildman–Crippen MR) is 118 cm³/mol. The van der Waals surface area contributed by atoms with Crippen molar-refractivity contribution < 1.29 is 19.3 Å². The summed E-state index contributed by atoms with van der Waals surface area (Å²) in [4.78, 5) is 0. The van der Waals surface area contributed by atoms with E-state index in [9.17, 15) is 5.11 Å². The summed E-state index contributed by atoms with van der Waals surface area (Å²) in [5.74, 6) is 0. The van der Waals surface area contributed by atoms with Crippen molar-refractivity contribution in [2.75, 3.05) is 6.61 Å². The molecule has 1 N–H and O–H groups in total. The Labute approximate surface area is 179 Å². The van der Waals surface area contributed by atoms with Crippen LogP contribution in [0.1, 0.15) is 23.6 Å². The number of rotatable bonds is 12. The Kier molecular flexibility index (Phi) is 9.06. The van der Waals surface area contributed by atoms with Gasteiger partial charge in [-0.2, -0.15) is 0 Å². The molecule has 0 unspecified atom stereocenters. The molecule has 0 radical (unpaired) electrons. The highest BCUT2D eigenvalue weighted by Crippen LogP contribution is 2.15. The summed E-state index contributed by atoms with van der Waals surface area (Å²) < 4.78 is 17.9. The van der Waals surface area contributed by atoms with Gasteiger partial charge in [0.15, 0.2) is 0 Å². The van der Waals surface area contributed by atoms with Gasteiger partial charge in [0.05, 0.1) is 32.5 Å². The normalized spacial score (nSPS) is 14.2. The van der Waals surface area contributed by atoms with E-state index in [-0.39, 0.29) is 12.7 Å². The molecule has 4 heteroatoms. The Hall–Kier alpha value is -2.50. The Balaban J connectivity index is 1.56. The van der Waals surface area contributed by atoms with Crippen LogP contribution in [0.4, 0.5) is 0 Å². The maximum absolute atomic E-state index is 10.8. The number of ether oxygens (including phenoxy) is 3. The molecular formula is C26H30O4. The van der Waals surface area contributed by atoms with Gasteiger partial charge in [-0.1, -0.05) is 91.0 Å². The minimum absolute atomic E-state index is 0.174. The topological polar surface area (TPSA) is 47.9 Å². The van der Waals surface area contributed by atoms with Gasteiger partial charge < -0.3 is 19.3 Å². The van der Waals surface area contributed by atoms with Crippen LogP contribution in [0.5, 0.6) is 0 Å². The monoisotopic (exact) mass is 406 g/mol. The van der Waals surface area contributed by atoms with E-state index in [0.717, 1.165) is 16.7 Å². The van der Waals surface area contributed by atoms with Gasteiger partial charge in [0.2, 0.25) is 0 Å². The molecule has 0 aliphatic rings. The summed E-state index contributed by atoms with van der Waals surface area (Å²) >= 11 is 0. The first-order valence-electron chi connectivity index (χ1n) is 10.3. The second kappa shape index (κ2) is 12.3. The van der Waals surface area contributed by atoms with Gasteiger partial charge in [-0.05, 0) is 23.6 Å². The molecule has 0 amide bonds. The van der Waals surface area contributed by atoms with E-state index < -0.39 is 12.2 Å². The van der Waals surface area contributed by atoms with Crippen molar-refractivity contribution in [1.29, 1.82) is 0 Å². The average Bonchev–Trinajstić information content (AvgIpc) is 2.80. The fourth-order valence-corrected chi connectivity index (χ4v) is 3.19. The second-order valence-electron chi connectivity index (χ2n) is 7.33. The summed E-state index contributed by atoms with van der Waals surface area (Å²) in [6.07, 6.45) is -1.61. The smallest absolute Gasteiger partial charge is 0.112 e. The second-order valence-corrected chi connectivity index (χ2v) is 7.33. The van der Waals surface area contributed by atoms with Gasteiger partial charge in [0, 0.05) is 0 Å². The Morgan fingerprint density at radius 3 is 1.57 bits per heavy atom. The van der Waals surface area contributed by atoms with Crippen LogP contribution < -0.4 is 0 Å². The van der Waals surface area contributed by atoms with Gasteiger partial charge >= 0.3 is 0 Å². The summed E-state index contributed by atoms with van der Waals surface area (Å²) in [6, 6.07) is 29.8. The third-order valence-corrected chi connectivity index (χ3v) is 4.88. The third kappa shape index (κ3) is 7.39. The zero-order chi connectivity index (χ0) is 21.0. The van der Waals surface area contributed by atoms with E-state index in [1.54, 1.807) is 0 Å². The van der Waals surface area contributed by atoms with Crippen LogP contribution in [-0.2, 0) is 34.0 Å². The van der Waals surface area contributed by atoms with Crippen molar-refractivity contribution in [2.24, 2.45) is 0 Å². The number of benzene rings is 3. The highest BCUT2D eigenvalue weighted by molar-refractivity contribution is 5.15. The zero-order valence-corrected chi connectivity index (χ0v) is 17.4. The summed E-state index contributed by atoms with van der Waals surface area (Å²) in [7, 11) is 0. The summed E-state index contributed by atoms with van der Waals surface area (Å²) in [6.45, 7) is 3.42. The molecule has 3 rings (SSSR count). The zero-order valence-electron chi connectivity index (χ0n) is 17.4. The van der Waals surface area contributed by atoms with Crippen LogP contribution in [0.15, 0.2) is 91.0 Å². The summed E-state index contributed by atoms with van der Waals surface area (Å²) in [5, 5.41) is 10.8. The lowest BCUT2D eigenvalue weighted by atomic mass is 10.1. The molecule has 0 aliphatic heterocycles. The molecule has 158 valence electrons. The number of hydrogen-bond acceptors (Lipinski definition) is 4. The van der Waals surface area contributed by atoms with Crippen molar-refractivity contribution in [2.45, 2.75) is 45.1 Å². The van der Waals surface area contributed by atoms with Crippen LogP contribution in [-0.4, -0.2) is 30.0 Å². The first kappa shape index (κ1) is 22.2. The first-order chi connectivity index (χ1) is 14.7. The molecule has 3 aromatic rings. The molecule has 0 aliphatic carbocycles. The highest BCUT2D eigenvalue weighted by atomic mass is 16.6. The molecule has 4 nitrogen and oxygen atoms in total. The first-order valence-corrected chi connectivity index (χ1v) is 10.3. The number of aliphatic hydroxyl groups excluding tert-OH is 1. The standard InChI is InChI=1S/C26H30O4/c1-21(29-18-23-13-7-3-8-14-23)26(30-19-24-15-9-4-10-16-24)25(27)20-28-17-22-11-5-2-6-12-22/h2-16,21,25-27H,17-20H2,1H3/t21-,25+,26-/m0/s1. The van der Waals surface area contributed by atoms with Crippen molar-refractivity contribution in [1.82, 2.24) is 0 Å². The van der Waals surface area contributed by atoms with Gasteiger partial charge in [-0.15, -0.1) is 0 Å². The van der Waals surface area contributed by atoms with Crippen molar-refractivity contribution in [3.8, 4) is 0 Å². The Morgan fingerprint density at radius 2 is 1.07 bits per heavy atom. The Bertz CT molecular complexity index is 823. The van der Waals surface area contributed by atoms with Crippen molar-refractivity contribution in [3.63, 3.8) is 0 Å². The average molecular weight is 407 g/mol. The van der Waals surface area contributed by atoms with E-state index in [2.05, 4.69) is 0 Å². The third-order valence-electron chi connectivity index (χ3n) is 4.88. The molecule has 0 saturated heterocycles. The fourth-order valence-electron chi connectivity index (χ4n) is 3.19. The minimum Gasteiger partial charge on any atom is -0.388 e. The van der Waals surface area contributed by atoms with Crippen LogP contribution >= 0.6 is 0 Å². The van der Waals surface area contributed by atoms with Gasteiger partial charge in [0.1, 0.15) is 12.2 Å². The molecular weight excluding hydrogens is 376 g/mol. The lowest BCUT2D eigenvalue weighted by Gasteiger charge is -2.29. The van der Waals surface area contributed by atoms with E-state index in [4.69, 9.17) is 14.2 Å². The highest BCUT2D eigenvalue weighted by Gasteiger charge is 2.27. The van der Waals surface area contributed by atoms with Crippen LogP contribution in [0, 0.1) is 0 Å². The maximum Gasteiger partial charge on any atom is 0.112 e. The molecule has 0 bridgehead atoms. The molecule has 0 aromatic heterocycles. The quantitative estimate of drug-likeness (QED) is 0.471. The van der Waals surface area contributed by atoms with Crippen molar-refractivity contribution >= 4 is 0 Å². The number of hydrogen-bond donors (Lipinski definition) is 1. The predicted octanol–water partition coefficient (Wildman–Crippen LogP) is 4.75. The van der Waals surface area contributed by atoms with Crippen LogP contribution in [0.2, 0.25) is 0 Å². The van der Waals surface area contributed by atoms with E-state index >= 15 is 0 Å². The van der Waals surface area contributed by atoms with Gasteiger partial charge in [-0.3, -0.25) is 0 Å². The molecule has 0 fully saturated rings. The lowest BCUT2D eigenvalue weighted by molar-refractivity contribution is -0.142. The lowest BCUT2D eigenvalue weighted by Crippen LogP contribution is -2.42. The SMILES string of the molecule is C[C@H](OCc1ccccc1)[C@H](OCc1ccccc1)[C@H](O)COCc1ccccc1. The molecule has 0 spiro atoms. The molecule has 0 saturated carbocycles.